The fourth-order valence-electron chi connectivity index (χ4n) is 2.71. The Labute approximate surface area is 167 Å². The standard InChI is InChI=1S/C19H17ClN4O3S/c1-12-8-14(11-22-24-12)16-7-6-15(10-18(16)28(21,26)27)23-19(25)9-13-4-2-3-5-17(13)20/h2-8,10-11H,9H2,1H3,(H,23,25)(H2,21,26,27). The number of aromatic nitrogens is 2. The lowest BCUT2D eigenvalue weighted by molar-refractivity contribution is -0.115. The molecule has 0 saturated heterocycles. The summed E-state index contributed by atoms with van der Waals surface area (Å²) in [7, 11) is -4.04. The molecule has 2 aromatic carbocycles. The highest BCUT2D eigenvalue weighted by molar-refractivity contribution is 7.89. The molecule has 3 N–H and O–H groups in total. The van der Waals surface area contributed by atoms with Crippen molar-refractivity contribution in [3.63, 3.8) is 0 Å². The zero-order valence-electron chi connectivity index (χ0n) is 14.9. The molecule has 0 bridgehead atoms. The number of hydrogen-bond acceptors (Lipinski definition) is 5. The normalized spacial score (nSPS) is 11.2. The molecule has 0 saturated carbocycles. The summed E-state index contributed by atoms with van der Waals surface area (Å²) in [5.74, 6) is -0.331. The number of amides is 1. The Morgan fingerprint density at radius 2 is 1.93 bits per heavy atom. The van der Waals surface area contributed by atoms with Gasteiger partial charge >= 0.3 is 0 Å². The second-order valence-electron chi connectivity index (χ2n) is 6.16. The first-order valence-electron chi connectivity index (χ1n) is 8.24. The van der Waals surface area contributed by atoms with Crippen LogP contribution in [0.5, 0.6) is 0 Å². The average Bonchev–Trinajstić information content (AvgIpc) is 2.63. The van der Waals surface area contributed by atoms with Crippen molar-refractivity contribution < 1.29 is 13.2 Å². The zero-order valence-corrected chi connectivity index (χ0v) is 16.5. The molecule has 144 valence electrons. The third-order valence-electron chi connectivity index (χ3n) is 3.97. The van der Waals surface area contributed by atoms with Crippen LogP contribution in [0.1, 0.15) is 11.3 Å². The lowest BCUT2D eigenvalue weighted by Crippen LogP contribution is -2.17. The number of aryl methyl sites for hydroxylation is 1. The number of anilines is 1. The maximum Gasteiger partial charge on any atom is 0.238 e. The molecule has 0 aliphatic rings. The number of halogens is 1. The van der Waals surface area contributed by atoms with E-state index >= 15 is 0 Å². The molecule has 3 rings (SSSR count). The summed E-state index contributed by atoms with van der Waals surface area (Å²) < 4.78 is 24.2. The molecule has 1 heterocycles. The summed E-state index contributed by atoms with van der Waals surface area (Å²) in [5, 5.41) is 16.2. The molecule has 1 aromatic heterocycles. The van der Waals surface area contributed by atoms with Gasteiger partial charge in [0.2, 0.25) is 15.9 Å². The molecule has 0 aliphatic carbocycles. The molecule has 0 unspecified atom stereocenters. The largest absolute Gasteiger partial charge is 0.326 e. The van der Waals surface area contributed by atoms with Crippen LogP contribution in [-0.2, 0) is 21.2 Å². The van der Waals surface area contributed by atoms with Gasteiger partial charge in [-0.3, -0.25) is 4.79 Å². The van der Waals surface area contributed by atoms with Crippen molar-refractivity contribution in [2.75, 3.05) is 5.32 Å². The summed E-state index contributed by atoms with van der Waals surface area (Å²) in [6.45, 7) is 1.75. The summed E-state index contributed by atoms with van der Waals surface area (Å²) in [6.07, 6.45) is 1.51. The van der Waals surface area contributed by atoms with Gasteiger partial charge in [0.05, 0.1) is 23.2 Å². The van der Waals surface area contributed by atoms with Crippen molar-refractivity contribution in [3.8, 4) is 11.1 Å². The van der Waals surface area contributed by atoms with Crippen LogP contribution in [0.15, 0.2) is 59.6 Å². The minimum Gasteiger partial charge on any atom is -0.326 e. The molecule has 0 aliphatic heterocycles. The van der Waals surface area contributed by atoms with Gasteiger partial charge in [0.25, 0.3) is 0 Å². The molecule has 9 heteroatoms. The van der Waals surface area contributed by atoms with Gasteiger partial charge < -0.3 is 5.32 Å². The van der Waals surface area contributed by atoms with Crippen LogP contribution < -0.4 is 10.5 Å². The van der Waals surface area contributed by atoms with E-state index in [2.05, 4.69) is 15.5 Å². The van der Waals surface area contributed by atoms with Crippen LogP contribution in [0.4, 0.5) is 5.69 Å². The van der Waals surface area contributed by atoms with Crippen molar-refractivity contribution in [2.24, 2.45) is 5.14 Å². The molecule has 0 fully saturated rings. The summed E-state index contributed by atoms with van der Waals surface area (Å²) in [4.78, 5) is 12.2. The highest BCUT2D eigenvalue weighted by Crippen LogP contribution is 2.29. The Morgan fingerprint density at radius 3 is 2.61 bits per heavy atom. The SMILES string of the molecule is Cc1cc(-c2ccc(NC(=O)Cc3ccccc3Cl)cc2S(N)(=O)=O)cnn1. The monoisotopic (exact) mass is 416 g/mol. The minimum absolute atomic E-state index is 0.0552. The fraction of sp³-hybridized carbons (Fsp3) is 0.105. The summed E-state index contributed by atoms with van der Waals surface area (Å²) in [5.41, 5.74) is 2.55. The lowest BCUT2D eigenvalue weighted by Gasteiger charge is -2.12. The van der Waals surface area contributed by atoms with Gasteiger partial charge in [-0.1, -0.05) is 35.9 Å². The average molecular weight is 417 g/mol. The smallest absolute Gasteiger partial charge is 0.238 e. The van der Waals surface area contributed by atoms with E-state index in [1.807, 2.05) is 0 Å². The first-order chi connectivity index (χ1) is 13.2. The second-order valence-corrected chi connectivity index (χ2v) is 8.09. The quantitative estimate of drug-likeness (QED) is 0.663. The molecule has 0 spiro atoms. The van der Waals surface area contributed by atoms with Crippen molar-refractivity contribution in [3.05, 3.63) is 71.0 Å². The number of carbonyl (C=O) groups is 1. The van der Waals surface area contributed by atoms with Gasteiger partial charge in [-0.15, -0.1) is 0 Å². The fourth-order valence-corrected chi connectivity index (χ4v) is 3.70. The molecule has 7 nitrogen and oxygen atoms in total. The van der Waals surface area contributed by atoms with Gasteiger partial charge in [0.1, 0.15) is 0 Å². The Kier molecular flexibility index (Phi) is 5.73. The maximum absolute atomic E-state index is 12.3. The third kappa shape index (κ3) is 4.72. The van der Waals surface area contributed by atoms with Crippen LogP contribution in [0.25, 0.3) is 11.1 Å². The second kappa shape index (κ2) is 8.05. The molecule has 28 heavy (non-hydrogen) atoms. The number of carbonyl (C=O) groups excluding carboxylic acids is 1. The number of nitrogens with one attached hydrogen (secondary N) is 1. The van der Waals surface area contributed by atoms with Crippen molar-refractivity contribution in [2.45, 2.75) is 18.2 Å². The van der Waals surface area contributed by atoms with E-state index in [-0.39, 0.29) is 17.2 Å². The maximum atomic E-state index is 12.3. The predicted octanol–water partition coefficient (Wildman–Crippen LogP) is 2.93. The van der Waals surface area contributed by atoms with E-state index in [0.29, 0.717) is 33.1 Å². The molecule has 0 atom stereocenters. The van der Waals surface area contributed by atoms with Gasteiger partial charge in [-0.2, -0.15) is 10.2 Å². The first kappa shape index (κ1) is 19.9. The predicted molar refractivity (Wildman–Crippen MR) is 107 cm³/mol. The Balaban J connectivity index is 1.91. The molecule has 3 aromatic rings. The van der Waals surface area contributed by atoms with Crippen LogP contribution in [0.3, 0.4) is 0 Å². The molecule has 0 radical (unpaired) electrons. The van der Waals surface area contributed by atoms with Crippen LogP contribution >= 0.6 is 11.6 Å². The van der Waals surface area contributed by atoms with Crippen LogP contribution in [0, 0.1) is 6.92 Å². The van der Waals surface area contributed by atoms with Crippen LogP contribution in [-0.4, -0.2) is 24.5 Å². The molecular formula is C19H17ClN4O3S. The number of rotatable bonds is 5. The van der Waals surface area contributed by atoms with Crippen molar-refractivity contribution >= 4 is 33.2 Å². The number of nitrogens with zero attached hydrogens (tertiary/aromatic N) is 2. The van der Waals surface area contributed by atoms with Crippen molar-refractivity contribution in [1.29, 1.82) is 0 Å². The van der Waals surface area contributed by atoms with E-state index in [9.17, 15) is 13.2 Å². The Morgan fingerprint density at radius 1 is 1.18 bits per heavy atom. The number of sulfonamides is 1. The Hall–Kier alpha value is -2.81. The van der Waals surface area contributed by atoms with Gasteiger partial charge in [0.15, 0.2) is 0 Å². The number of hydrogen-bond donors (Lipinski definition) is 2. The summed E-state index contributed by atoms with van der Waals surface area (Å²) >= 11 is 6.07. The zero-order chi connectivity index (χ0) is 20.3. The van der Waals surface area contributed by atoms with Crippen molar-refractivity contribution in [1.82, 2.24) is 10.2 Å². The molecule has 1 amide bonds. The highest BCUT2D eigenvalue weighted by atomic mass is 35.5. The summed E-state index contributed by atoms with van der Waals surface area (Å²) in [6, 6.07) is 13.2. The topological polar surface area (TPSA) is 115 Å². The minimum atomic E-state index is -4.04. The number of primary sulfonamides is 1. The van der Waals surface area contributed by atoms with E-state index in [1.165, 1.54) is 12.3 Å². The van der Waals surface area contributed by atoms with Gasteiger partial charge in [-0.05, 0) is 36.8 Å². The third-order valence-corrected chi connectivity index (χ3v) is 5.29. The molecular weight excluding hydrogens is 400 g/mol. The van der Waals surface area contributed by atoms with E-state index in [0.717, 1.165) is 0 Å². The van der Waals surface area contributed by atoms with Gasteiger partial charge in [0, 0.05) is 21.8 Å². The number of nitrogens with two attached hydrogens (primary N) is 1. The number of benzene rings is 2. The van der Waals surface area contributed by atoms with E-state index < -0.39 is 10.0 Å². The van der Waals surface area contributed by atoms with E-state index in [1.54, 1.807) is 49.4 Å². The van der Waals surface area contributed by atoms with Crippen LogP contribution in [0.2, 0.25) is 5.02 Å². The van der Waals surface area contributed by atoms with Gasteiger partial charge in [-0.25, -0.2) is 13.6 Å². The lowest BCUT2D eigenvalue weighted by atomic mass is 10.1. The first-order valence-corrected chi connectivity index (χ1v) is 10.2. The Bertz CT molecular complexity index is 1150. The van der Waals surface area contributed by atoms with E-state index in [4.69, 9.17) is 16.7 Å². The highest BCUT2D eigenvalue weighted by Gasteiger charge is 2.18.